The molecule has 1 aliphatic heterocycles. The third-order valence-electron chi connectivity index (χ3n) is 4.20. The predicted molar refractivity (Wildman–Crippen MR) is 96.1 cm³/mol. The van der Waals surface area contributed by atoms with Gasteiger partial charge in [-0.3, -0.25) is 9.52 Å². The van der Waals surface area contributed by atoms with Crippen molar-refractivity contribution in [3.05, 3.63) is 59.7 Å². The predicted octanol–water partition coefficient (Wildman–Crippen LogP) is 3.21. The number of nitrogens with one attached hydrogen (secondary N) is 1. The fourth-order valence-corrected chi connectivity index (χ4v) is 3.60. The minimum Gasteiger partial charge on any atom is -0.308 e. The summed E-state index contributed by atoms with van der Waals surface area (Å²) in [5.41, 5.74) is 2.96. The van der Waals surface area contributed by atoms with E-state index in [-0.39, 0.29) is 5.91 Å². The molecule has 0 radical (unpaired) electrons. The molecule has 2 aromatic rings. The smallest absolute Gasteiger partial charge is 0.258 e. The van der Waals surface area contributed by atoms with E-state index in [1.54, 1.807) is 29.2 Å². The van der Waals surface area contributed by atoms with Crippen molar-refractivity contribution in [2.75, 3.05) is 22.4 Å². The number of anilines is 2. The van der Waals surface area contributed by atoms with Crippen molar-refractivity contribution >= 4 is 27.3 Å². The van der Waals surface area contributed by atoms with Gasteiger partial charge in [-0.05, 0) is 42.2 Å². The van der Waals surface area contributed by atoms with E-state index in [0.717, 1.165) is 18.4 Å². The number of nitrogens with zero attached hydrogens (tertiary/aromatic N) is 1. The number of carbonyl (C=O) groups excluding carboxylic acids is 1. The Kier molecular flexibility index (Phi) is 4.32. The summed E-state index contributed by atoms with van der Waals surface area (Å²) in [6.45, 7) is 2.82. The lowest BCUT2D eigenvalue weighted by atomic mass is 9.91. The number of fused-ring (bicyclic) bond motifs is 1. The Balaban J connectivity index is 1.93. The summed E-state index contributed by atoms with van der Waals surface area (Å²) in [7, 11) is -3.38. The molecule has 2 aromatic carbocycles. The van der Waals surface area contributed by atoms with Gasteiger partial charge in [0.05, 0.1) is 6.26 Å². The Morgan fingerprint density at radius 2 is 1.92 bits per heavy atom. The van der Waals surface area contributed by atoms with Crippen LogP contribution in [-0.4, -0.2) is 27.1 Å². The average Bonchev–Trinajstić information content (AvgIpc) is 2.53. The molecule has 0 saturated heterocycles. The molecule has 1 amide bonds. The second-order valence-electron chi connectivity index (χ2n) is 6.16. The molecule has 3 rings (SSSR count). The molecule has 0 saturated carbocycles. The Morgan fingerprint density at radius 1 is 1.17 bits per heavy atom. The molecule has 0 bridgehead atoms. The number of amides is 1. The van der Waals surface area contributed by atoms with Crippen LogP contribution in [0.5, 0.6) is 0 Å². The molecule has 1 aliphatic rings. The number of carbonyl (C=O) groups is 1. The van der Waals surface area contributed by atoms with Gasteiger partial charge in [0.1, 0.15) is 0 Å². The normalized spacial score (nSPS) is 17.2. The molecule has 0 aromatic heterocycles. The van der Waals surface area contributed by atoms with E-state index in [1.165, 1.54) is 5.56 Å². The number of hydrogen-bond acceptors (Lipinski definition) is 3. The van der Waals surface area contributed by atoms with Crippen molar-refractivity contribution < 1.29 is 13.2 Å². The van der Waals surface area contributed by atoms with E-state index in [4.69, 9.17) is 0 Å². The third-order valence-corrected chi connectivity index (χ3v) is 4.81. The second kappa shape index (κ2) is 6.28. The first-order valence-electron chi connectivity index (χ1n) is 7.84. The molecule has 0 fully saturated rings. The summed E-state index contributed by atoms with van der Waals surface area (Å²) in [5, 5.41) is 0. The lowest BCUT2D eigenvalue weighted by Crippen LogP contribution is -2.36. The highest BCUT2D eigenvalue weighted by atomic mass is 32.2. The highest BCUT2D eigenvalue weighted by Gasteiger charge is 2.26. The summed E-state index contributed by atoms with van der Waals surface area (Å²) in [4.78, 5) is 14.7. The van der Waals surface area contributed by atoms with Crippen molar-refractivity contribution in [1.82, 2.24) is 0 Å². The van der Waals surface area contributed by atoms with Crippen molar-refractivity contribution in [1.29, 1.82) is 0 Å². The van der Waals surface area contributed by atoms with Gasteiger partial charge in [0.15, 0.2) is 0 Å². The number of para-hydroxylation sites is 1. The molecule has 6 heteroatoms. The topological polar surface area (TPSA) is 66.5 Å². The summed E-state index contributed by atoms with van der Waals surface area (Å²) in [5.74, 6) is 0.301. The standard InChI is InChI=1S/C18H20N2O3S/c1-13-10-11-20(17-9-4-3-8-16(13)17)18(21)14-6-5-7-15(12-14)19-24(2,22)23/h3-9,12-13,19H,10-11H2,1-2H3. The van der Waals surface area contributed by atoms with Crippen LogP contribution in [0.2, 0.25) is 0 Å². The Labute approximate surface area is 142 Å². The van der Waals surface area contributed by atoms with Crippen LogP contribution in [0.4, 0.5) is 11.4 Å². The Morgan fingerprint density at radius 3 is 2.67 bits per heavy atom. The Hall–Kier alpha value is -2.34. The maximum atomic E-state index is 12.9. The molecule has 5 nitrogen and oxygen atoms in total. The molecule has 0 aliphatic carbocycles. The zero-order chi connectivity index (χ0) is 17.3. The first-order chi connectivity index (χ1) is 11.3. The Bertz CT molecular complexity index is 877. The SMILES string of the molecule is CC1CCN(C(=O)c2cccc(NS(C)(=O)=O)c2)c2ccccc21. The van der Waals surface area contributed by atoms with Crippen LogP contribution >= 0.6 is 0 Å². The van der Waals surface area contributed by atoms with Crippen LogP contribution in [0.15, 0.2) is 48.5 Å². The first kappa shape index (κ1) is 16.5. The van der Waals surface area contributed by atoms with Gasteiger partial charge in [0, 0.05) is 23.5 Å². The van der Waals surface area contributed by atoms with Gasteiger partial charge in [0.2, 0.25) is 10.0 Å². The van der Waals surface area contributed by atoms with Crippen molar-refractivity contribution in [3.8, 4) is 0 Å². The van der Waals surface area contributed by atoms with Gasteiger partial charge >= 0.3 is 0 Å². The summed E-state index contributed by atoms with van der Waals surface area (Å²) in [6.07, 6.45) is 1.99. The zero-order valence-electron chi connectivity index (χ0n) is 13.7. The lowest BCUT2D eigenvalue weighted by Gasteiger charge is -2.33. The summed E-state index contributed by atoms with van der Waals surface area (Å²) < 4.78 is 25.2. The van der Waals surface area contributed by atoms with E-state index in [1.807, 2.05) is 18.2 Å². The van der Waals surface area contributed by atoms with E-state index in [0.29, 0.717) is 23.7 Å². The van der Waals surface area contributed by atoms with Crippen LogP contribution in [0.25, 0.3) is 0 Å². The fourth-order valence-electron chi connectivity index (χ4n) is 3.05. The number of sulfonamides is 1. The van der Waals surface area contributed by atoms with Gasteiger partial charge in [-0.25, -0.2) is 8.42 Å². The fraction of sp³-hybridized carbons (Fsp3) is 0.278. The first-order valence-corrected chi connectivity index (χ1v) is 9.73. The highest BCUT2D eigenvalue weighted by molar-refractivity contribution is 7.92. The van der Waals surface area contributed by atoms with Crippen LogP contribution in [0, 0.1) is 0 Å². The maximum Gasteiger partial charge on any atom is 0.258 e. The average molecular weight is 344 g/mol. The molecular weight excluding hydrogens is 324 g/mol. The van der Waals surface area contributed by atoms with Crippen molar-refractivity contribution in [3.63, 3.8) is 0 Å². The third kappa shape index (κ3) is 3.43. The second-order valence-corrected chi connectivity index (χ2v) is 7.91. The van der Waals surface area contributed by atoms with Gasteiger partial charge in [-0.1, -0.05) is 31.2 Å². The monoisotopic (exact) mass is 344 g/mol. The van der Waals surface area contributed by atoms with Gasteiger partial charge in [-0.2, -0.15) is 0 Å². The minimum absolute atomic E-state index is 0.119. The minimum atomic E-state index is -3.38. The van der Waals surface area contributed by atoms with Gasteiger partial charge < -0.3 is 4.90 Å². The van der Waals surface area contributed by atoms with Gasteiger partial charge in [-0.15, -0.1) is 0 Å². The molecule has 0 spiro atoms. The number of benzene rings is 2. The quantitative estimate of drug-likeness (QED) is 0.930. The highest BCUT2D eigenvalue weighted by Crippen LogP contribution is 2.35. The van der Waals surface area contributed by atoms with Crippen LogP contribution < -0.4 is 9.62 Å². The molecule has 1 N–H and O–H groups in total. The van der Waals surface area contributed by atoms with E-state index < -0.39 is 10.0 Å². The molecular formula is C18H20N2O3S. The van der Waals surface area contributed by atoms with Crippen LogP contribution in [-0.2, 0) is 10.0 Å². The van der Waals surface area contributed by atoms with Crippen LogP contribution in [0.1, 0.15) is 35.2 Å². The van der Waals surface area contributed by atoms with E-state index >= 15 is 0 Å². The van der Waals surface area contributed by atoms with E-state index in [9.17, 15) is 13.2 Å². The molecule has 1 atom stereocenters. The maximum absolute atomic E-state index is 12.9. The van der Waals surface area contributed by atoms with Gasteiger partial charge in [0.25, 0.3) is 5.91 Å². The van der Waals surface area contributed by atoms with Crippen LogP contribution in [0.3, 0.4) is 0 Å². The largest absolute Gasteiger partial charge is 0.308 e. The molecule has 1 unspecified atom stereocenters. The summed E-state index contributed by atoms with van der Waals surface area (Å²) in [6, 6.07) is 14.5. The lowest BCUT2D eigenvalue weighted by molar-refractivity contribution is 0.0984. The summed E-state index contributed by atoms with van der Waals surface area (Å²) >= 11 is 0. The van der Waals surface area contributed by atoms with Crippen molar-refractivity contribution in [2.45, 2.75) is 19.3 Å². The molecule has 126 valence electrons. The molecule has 1 heterocycles. The number of rotatable bonds is 3. The van der Waals surface area contributed by atoms with Crippen molar-refractivity contribution in [2.24, 2.45) is 0 Å². The number of hydrogen-bond donors (Lipinski definition) is 1. The zero-order valence-corrected chi connectivity index (χ0v) is 14.5. The van der Waals surface area contributed by atoms with E-state index in [2.05, 4.69) is 17.7 Å². The molecule has 24 heavy (non-hydrogen) atoms.